The van der Waals surface area contributed by atoms with Gasteiger partial charge in [-0.2, -0.15) is 0 Å². The van der Waals surface area contributed by atoms with E-state index >= 15 is 0 Å². The van der Waals surface area contributed by atoms with Gasteiger partial charge in [0.05, 0.1) is 64.2 Å². The number of aromatic nitrogens is 4. The fourth-order valence-corrected chi connectivity index (χ4v) is 9.93. The van der Waals surface area contributed by atoms with Gasteiger partial charge in [-0.25, -0.2) is 36.8 Å². The van der Waals surface area contributed by atoms with Gasteiger partial charge in [0, 0.05) is 28.4 Å². The zero-order valence-electron chi connectivity index (χ0n) is 33.6. The Balaban J connectivity index is 0.849. The molecule has 0 radical (unpaired) electrons. The molecule has 0 saturated carbocycles. The molecule has 3 atom stereocenters. The molecule has 19 heteroatoms. The van der Waals surface area contributed by atoms with Gasteiger partial charge >= 0.3 is 5.97 Å². The summed E-state index contributed by atoms with van der Waals surface area (Å²) >= 11 is 0. The van der Waals surface area contributed by atoms with E-state index in [9.17, 15) is 31.2 Å². The Labute approximate surface area is 362 Å². The molecule has 17 nitrogen and oxygen atoms in total. The van der Waals surface area contributed by atoms with Crippen LogP contribution in [0.1, 0.15) is 38.5 Å². The van der Waals surface area contributed by atoms with Crippen LogP contribution in [-0.2, 0) is 40.4 Å². The van der Waals surface area contributed by atoms with Gasteiger partial charge in [0.2, 0.25) is 0 Å². The molecule has 6 N–H and O–H groups in total. The van der Waals surface area contributed by atoms with Crippen LogP contribution in [0.15, 0.2) is 119 Å². The fourth-order valence-electron chi connectivity index (χ4n) is 6.97. The highest BCUT2D eigenvalue weighted by Gasteiger charge is 2.37. The monoisotopic (exact) mass is 888 g/mol. The van der Waals surface area contributed by atoms with Crippen molar-refractivity contribution in [2.75, 3.05) is 40.2 Å². The van der Waals surface area contributed by atoms with Crippen molar-refractivity contribution >= 4 is 60.5 Å². The number of hydrogen-bond donors (Lipinski definition) is 4. The minimum atomic E-state index is -3.76. The third-order valence-electron chi connectivity index (χ3n) is 10.6. The van der Waals surface area contributed by atoms with Crippen LogP contribution in [0.3, 0.4) is 0 Å². The maximum atomic E-state index is 13.4. The molecule has 0 aliphatic carbocycles. The topological polar surface area (TPSA) is 266 Å². The van der Waals surface area contributed by atoms with E-state index in [-0.39, 0.29) is 56.7 Å². The maximum Gasteiger partial charge on any atom is 0.309 e. The normalized spacial score (nSPS) is 17.2. The number of sulfone groups is 2. The summed E-state index contributed by atoms with van der Waals surface area (Å²) in [5.74, 6) is -2.44. The average molecular weight is 889 g/mol. The van der Waals surface area contributed by atoms with Crippen LogP contribution in [0.25, 0.3) is 22.5 Å². The summed E-state index contributed by atoms with van der Waals surface area (Å²) in [4.78, 5) is 54.6. The second-order valence-corrected chi connectivity index (χ2v) is 19.3. The Morgan fingerprint density at radius 2 is 1.14 bits per heavy atom. The summed E-state index contributed by atoms with van der Waals surface area (Å²) in [6.07, 6.45) is 2.34. The molecule has 2 fully saturated rings. The van der Waals surface area contributed by atoms with Crippen LogP contribution in [0.2, 0.25) is 0 Å². The van der Waals surface area contributed by atoms with E-state index in [0.29, 0.717) is 41.4 Å². The Morgan fingerprint density at radius 1 is 0.683 bits per heavy atom. The van der Waals surface area contributed by atoms with Gasteiger partial charge in [-0.05, 0) is 67.4 Å². The molecule has 0 spiro atoms. The summed E-state index contributed by atoms with van der Waals surface area (Å²) in [7, 11) is -7.46. The van der Waals surface area contributed by atoms with E-state index in [1.54, 1.807) is 0 Å². The minimum absolute atomic E-state index is 0.0190. The smallest absolute Gasteiger partial charge is 0.309 e. The van der Waals surface area contributed by atoms with E-state index in [1.165, 1.54) is 60.9 Å². The van der Waals surface area contributed by atoms with Crippen molar-refractivity contribution in [1.29, 1.82) is 0 Å². The van der Waals surface area contributed by atoms with Crippen LogP contribution in [0.5, 0.6) is 0 Å². The molecule has 2 aromatic heterocycles. The zero-order valence-corrected chi connectivity index (χ0v) is 35.2. The van der Waals surface area contributed by atoms with Crippen LogP contribution in [0, 0.1) is 12.8 Å². The molecular formula is C44H40N8O9S2. The number of rotatable bonds is 14. The second-order valence-electron chi connectivity index (χ2n) is 15.2. The number of nitrogens with two attached hydrogens (primary N) is 2. The molecule has 4 heterocycles. The number of anilines is 4. The third kappa shape index (κ3) is 9.70. The molecule has 63 heavy (non-hydrogen) atoms. The molecular weight excluding hydrogens is 849 g/mol. The third-order valence-corrected chi connectivity index (χ3v) is 14.2. The summed E-state index contributed by atoms with van der Waals surface area (Å²) in [6, 6.07) is 26.4. The number of nitrogens with one attached hydrogen (secondary N) is 2. The van der Waals surface area contributed by atoms with Crippen molar-refractivity contribution in [3.63, 3.8) is 0 Å². The highest BCUT2D eigenvalue weighted by atomic mass is 32.2. The SMILES string of the molecule is Cc1ccc(-c2cnc(N)c(C(=O)Nc3ccc(S(=O)(=O)CC4OCC4Cc4ccc(-c5cnc(N)c(C(=O)Nc6ccc(S(=O)(=O)CC7CC(=O)O7)cc6)n5)cc4)cc3)n2)cc1. The Bertz CT molecular complexity index is 2940. The van der Waals surface area contributed by atoms with Gasteiger partial charge < -0.3 is 31.6 Å². The van der Waals surface area contributed by atoms with Crippen LogP contribution in [-0.4, -0.2) is 84.9 Å². The summed E-state index contributed by atoms with van der Waals surface area (Å²) in [5, 5.41) is 5.37. The van der Waals surface area contributed by atoms with Crippen molar-refractivity contribution in [3.05, 3.63) is 132 Å². The first-order valence-corrected chi connectivity index (χ1v) is 22.9. The molecule has 0 bridgehead atoms. The summed E-state index contributed by atoms with van der Waals surface area (Å²) in [5.41, 5.74) is 16.8. The number of carbonyl (C=O) groups excluding carboxylic acids is 3. The zero-order chi connectivity index (χ0) is 44.5. The lowest BCUT2D eigenvalue weighted by molar-refractivity contribution is -0.166. The lowest BCUT2D eigenvalue weighted by atomic mass is 9.91. The Hall–Kier alpha value is -7.09. The van der Waals surface area contributed by atoms with E-state index < -0.39 is 49.7 Å². The number of cyclic esters (lactones) is 1. The number of amides is 2. The van der Waals surface area contributed by atoms with Gasteiger partial charge in [0.25, 0.3) is 11.8 Å². The molecule has 6 aromatic rings. The maximum absolute atomic E-state index is 13.4. The number of ether oxygens (including phenoxy) is 2. The molecule has 2 saturated heterocycles. The number of aryl methyl sites for hydroxylation is 1. The number of nitrogen functional groups attached to an aromatic ring is 2. The van der Waals surface area contributed by atoms with E-state index in [4.69, 9.17) is 20.9 Å². The predicted octanol–water partition coefficient (Wildman–Crippen LogP) is 4.70. The highest BCUT2D eigenvalue weighted by molar-refractivity contribution is 7.91. The van der Waals surface area contributed by atoms with Gasteiger partial charge in [0.1, 0.15) is 6.10 Å². The molecule has 2 amide bonds. The largest absolute Gasteiger partial charge is 0.461 e. The predicted molar refractivity (Wildman–Crippen MR) is 233 cm³/mol. The number of nitrogens with zero attached hydrogens (tertiary/aromatic N) is 4. The summed E-state index contributed by atoms with van der Waals surface area (Å²) < 4.78 is 62.8. The molecule has 2 aliphatic heterocycles. The van der Waals surface area contributed by atoms with Crippen LogP contribution >= 0.6 is 0 Å². The van der Waals surface area contributed by atoms with Crippen molar-refractivity contribution < 1.29 is 40.7 Å². The van der Waals surface area contributed by atoms with Crippen molar-refractivity contribution in [2.24, 2.45) is 5.92 Å². The van der Waals surface area contributed by atoms with Gasteiger partial charge in [-0.3, -0.25) is 14.4 Å². The molecule has 8 rings (SSSR count). The number of esters is 1. The van der Waals surface area contributed by atoms with Gasteiger partial charge in [-0.15, -0.1) is 0 Å². The van der Waals surface area contributed by atoms with E-state index in [0.717, 1.165) is 16.7 Å². The molecule has 4 aromatic carbocycles. The Morgan fingerprint density at radius 3 is 1.59 bits per heavy atom. The molecule has 3 unspecified atom stereocenters. The van der Waals surface area contributed by atoms with Crippen LogP contribution < -0.4 is 22.1 Å². The first-order valence-electron chi connectivity index (χ1n) is 19.6. The highest BCUT2D eigenvalue weighted by Crippen LogP contribution is 2.30. The molecule has 2 aliphatic rings. The fraction of sp³-hybridized carbons (Fsp3) is 0.205. The van der Waals surface area contributed by atoms with E-state index in [2.05, 4.69) is 30.6 Å². The van der Waals surface area contributed by atoms with Gasteiger partial charge in [0.15, 0.2) is 42.7 Å². The average Bonchev–Trinajstić information content (AvgIpc) is 3.25. The quantitative estimate of drug-likeness (QED) is 0.108. The van der Waals surface area contributed by atoms with Gasteiger partial charge in [-0.1, -0.05) is 54.1 Å². The lowest BCUT2D eigenvalue weighted by Crippen LogP contribution is -2.45. The lowest BCUT2D eigenvalue weighted by Gasteiger charge is -2.36. The second kappa shape index (κ2) is 17.3. The molecule has 322 valence electrons. The summed E-state index contributed by atoms with van der Waals surface area (Å²) in [6.45, 7) is 2.35. The number of benzene rings is 4. The van der Waals surface area contributed by atoms with Crippen molar-refractivity contribution in [1.82, 2.24) is 19.9 Å². The number of carbonyl (C=O) groups is 3. The van der Waals surface area contributed by atoms with Crippen LogP contribution in [0.4, 0.5) is 23.0 Å². The van der Waals surface area contributed by atoms with Crippen molar-refractivity contribution in [3.8, 4) is 22.5 Å². The first kappa shape index (κ1) is 42.6. The first-order chi connectivity index (χ1) is 30.1. The number of hydrogen-bond acceptors (Lipinski definition) is 15. The minimum Gasteiger partial charge on any atom is -0.461 e. The van der Waals surface area contributed by atoms with Crippen molar-refractivity contribution in [2.45, 2.75) is 41.8 Å². The van der Waals surface area contributed by atoms with E-state index in [1.807, 2.05) is 55.5 Å². The standard InChI is InChI=1S/C44H40N8O9S2/c1-25-2-6-27(7-3-25)35-20-47-41(45)39(51-35)43(54)50-31-12-16-34(17-13-31)63(58,59)24-37-29(22-60-37)18-26-4-8-28(9-5-26)36-21-48-42(46)40(52-36)44(55)49-30-10-14-33(15-11-30)62(56,57)23-32-19-38(53)61-32/h2-17,20-21,29,32,37H,18-19,22-24H2,1H3,(H2,45,47)(H2,46,48)(H,49,55)(H,50,54). The Kier molecular flexibility index (Phi) is 11.7.